The second kappa shape index (κ2) is 5.92. The fourth-order valence-electron chi connectivity index (χ4n) is 2.80. The molecule has 0 fully saturated rings. The van der Waals surface area contributed by atoms with Crippen molar-refractivity contribution in [2.45, 2.75) is 33.6 Å². The molecule has 23 heavy (non-hydrogen) atoms. The van der Waals surface area contributed by atoms with Crippen molar-refractivity contribution in [2.24, 2.45) is 0 Å². The highest BCUT2D eigenvalue weighted by Gasteiger charge is 2.21. The van der Waals surface area contributed by atoms with Crippen molar-refractivity contribution in [1.82, 2.24) is 9.78 Å². The van der Waals surface area contributed by atoms with E-state index < -0.39 is 0 Å². The average molecular weight is 306 g/mol. The van der Waals surface area contributed by atoms with Gasteiger partial charge in [-0.1, -0.05) is 55.8 Å². The second-order valence-corrected chi connectivity index (χ2v) is 6.35. The molecular weight excluding hydrogens is 284 g/mol. The van der Waals surface area contributed by atoms with Gasteiger partial charge in [0.1, 0.15) is 5.69 Å². The highest BCUT2D eigenvalue weighted by atomic mass is 16.3. The summed E-state index contributed by atoms with van der Waals surface area (Å²) in [6, 6.07) is 16.2. The number of aryl methyl sites for hydroxylation is 2. The molecule has 0 aliphatic heterocycles. The molecule has 3 heteroatoms. The third kappa shape index (κ3) is 2.87. The molecule has 0 saturated heterocycles. The zero-order chi connectivity index (χ0) is 16.6. The molecule has 1 heterocycles. The summed E-state index contributed by atoms with van der Waals surface area (Å²) in [5.41, 5.74) is 5.74. The Labute approximate surface area is 137 Å². The molecule has 0 spiro atoms. The van der Waals surface area contributed by atoms with Gasteiger partial charge in [-0.2, -0.15) is 5.10 Å². The molecule has 2 aromatic carbocycles. The van der Waals surface area contributed by atoms with E-state index in [1.165, 1.54) is 11.1 Å². The molecule has 0 saturated carbocycles. The Kier molecular flexibility index (Phi) is 3.95. The molecule has 118 valence electrons. The van der Waals surface area contributed by atoms with Crippen LogP contribution >= 0.6 is 0 Å². The highest BCUT2D eigenvalue weighted by Crippen LogP contribution is 2.37. The van der Waals surface area contributed by atoms with E-state index in [0.29, 0.717) is 5.69 Å². The van der Waals surface area contributed by atoms with Gasteiger partial charge >= 0.3 is 0 Å². The molecular formula is C20H22N2O. The van der Waals surface area contributed by atoms with E-state index >= 15 is 0 Å². The molecule has 3 rings (SSSR count). The van der Waals surface area contributed by atoms with Crippen molar-refractivity contribution in [3.63, 3.8) is 0 Å². The predicted octanol–water partition coefficient (Wildman–Crippen LogP) is 4.99. The summed E-state index contributed by atoms with van der Waals surface area (Å²) in [5, 5.41) is 15.5. The maximum atomic E-state index is 10.8. The van der Waals surface area contributed by atoms with Crippen LogP contribution < -0.4 is 0 Å². The normalized spacial score (nSPS) is 11.2. The summed E-state index contributed by atoms with van der Waals surface area (Å²) in [6.45, 7) is 8.25. The lowest BCUT2D eigenvalue weighted by Gasteiger charge is -2.10. The number of rotatable bonds is 3. The van der Waals surface area contributed by atoms with Gasteiger partial charge in [0.05, 0.1) is 11.4 Å². The van der Waals surface area contributed by atoms with E-state index in [2.05, 4.69) is 39.8 Å². The third-order valence-electron chi connectivity index (χ3n) is 4.01. The zero-order valence-electron chi connectivity index (χ0n) is 14.0. The Bertz CT molecular complexity index is 829. The first-order valence-electron chi connectivity index (χ1n) is 7.93. The van der Waals surface area contributed by atoms with Crippen LogP contribution in [0.15, 0.2) is 48.5 Å². The molecule has 0 aliphatic carbocycles. The van der Waals surface area contributed by atoms with Gasteiger partial charge in [0, 0.05) is 5.56 Å². The fourth-order valence-corrected chi connectivity index (χ4v) is 2.80. The van der Waals surface area contributed by atoms with Gasteiger partial charge in [-0.05, 0) is 37.5 Å². The molecule has 0 atom stereocenters. The number of hydrogen-bond donors (Lipinski definition) is 1. The van der Waals surface area contributed by atoms with Crippen molar-refractivity contribution < 1.29 is 5.11 Å². The summed E-state index contributed by atoms with van der Waals surface area (Å²) in [6.07, 6.45) is 0. The summed E-state index contributed by atoms with van der Waals surface area (Å²) < 4.78 is 1.86. The Balaban J connectivity index is 2.20. The lowest BCUT2D eigenvalue weighted by atomic mass is 10.1. The lowest BCUT2D eigenvalue weighted by molar-refractivity contribution is 0.464. The summed E-state index contributed by atoms with van der Waals surface area (Å²) in [5.74, 6) is 0.438. The Morgan fingerprint density at radius 3 is 2.26 bits per heavy atom. The van der Waals surface area contributed by atoms with E-state index in [0.717, 1.165) is 16.9 Å². The van der Waals surface area contributed by atoms with Crippen LogP contribution in [0, 0.1) is 13.8 Å². The lowest BCUT2D eigenvalue weighted by Crippen LogP contribution is -2.04. The number of benzene rings is 2. The molecule has 0 amide bonds. The van der Waals surface area contributed by atoms with Gasteiger partial charge in [-0.15, -0.1) is 0 Å². The highest BCUT2D eigenvalue weighted by molar-refractivity contribution is 5.68. The minimum Gasteiger partial charge on any atom is -0.504 e. The van der Waals surface area contributed by atoms with Crippen LogP contribution in [0.2, 0.25) is 0 Å². The molecule has 3 aromatic rings. The van der Waals surface area contributed by atoms with Crippen LogP contribution in [0.1, 0.15) is 36.6 Å². The average Bonchev–Trinajstić information content (AvgIpc) is 2.86. The molecule has 0 radical (unpaired) electrons. The monoisotopic (exact) mass is 306 g/mol. The zero-order valence-corrected chi connectivity index (χ0v) is 14.0. The third-order valence-corrected chi connectivity index (χ3v) is 4.01. The quantitative estimate of drug-likeness (QED) is 0.740. The van der Waals surface area contributed by atoms with E-state index in [9.17, 15) is 5.11 Å². The van der Waals surface area contributed by atoms with Crippen LogP contribution in [0.5, 0.6) is 5.75 Å². The van der Waals surface area contributed by atoms with E-state index in [1.807, 2.05) is 41.1 Å². The number of nitrogens with zero attached hydrogens (tertiary/aromatic N) is 2. The van der Waals surface area contributed by atoms with Crippen molar-refractivity contribution >= 4 is 0 Å². The molecule has 0 bridgehead atoms. The van der Waals surface area contributed by atoms with Gasteiger partial charge in [-0.25, -0.2) is 4.68 Å². The number of aromatic nitrogens is 2. The Hall–Kier alpha value is -2.55. The standard InChI is InChI=1S/C20H22N2O/c1-13(2)19-20(23)18(16-10-8-14(3)9-11-16)21-22(19)17-7-5-6-15(4)12-17/h5-13,23H,1-4H3. The molecule has 1 aromatic heterocycles. The largest absolute Gasteiger partial charge is 0.504 e. The van der Waals surface area contributed by atoms with E-state index in [1.54, 1.807) is 0 Å². The summed E-state index contributed by atoms with van der Waals surface area (Å²) in [4.78, 5) is 0. The molecule has 3 nitrogen and oxygen atoms in total. The molecule has 1 N–H and O–H groups in total. The first kappa shape index (κ1) is 15.3. The van der Waals surface area contributed by atoms with E-state index in [-0.39, 0.29) is 11.7 Å². The smallest absolute Gasteiger partial charge is 0.165 e. The van der Waals surface area contributed by atoms with Gasteiger partial charge in [0.2, 0.25) is 0 Å². The summed E-state index contributed by atoms with van der Waals surface area (Å²) in [7, 11) is 0. The predicted molar refractivity (Wildman–Crippen MR) is 94.2 cm³/mol. The van der Waals surface area contributed by atoms with E-state index in [4.69, 9.17) is 5.10 Å². The van der Waals surface area contributed by atoms with Crippen LogP contribution in [-0.2, 0) is 0 Å². The summed E-state index contributed by atoms with van der Waals surface area (Å²) >= 11 is 0. The van der Waals surface area contributed by atoms with Gasteiger partial charge in [0.15, 0.2) is 5.75 Å². The van der Waals surface area contributed by atoms with Gasteiger partial charge in [-0.3, -0.25) is 0 Å². The van der Waals surface area contributed by atoms with Crippen LogP contribution in [-0.4, -0.2) is 14.9 Å². The van der Waals surface area contributed by atoms with Crippen molar-refractivity contribution in [2.75, 3.05) is 0 Å². The van der Waals surface area contributed by atoms with Crippen molar-refractivity contribution in [1.29, 1.82) is 0 Å². The van der Waals surface area contributed by atoms with Gasteiger partial charge < -0.3 is 5.11 Å². The molecule has 0 unspecified atom stereocenters. The SMILES string of the molecule is Cc1ccc(-c2nn(-c3cccc(C)c3)c(C(C)C)c2O)cc1. The van der Waals surface area contributed by atoms with Crippen LogP contribution in [0.4, 0.5) is 0 Å². The number of hydrogen-bond acceptors (Lipinski definition) is 2. The Morgan fingerprint density at radius 1 is 0.957 bits per heavy atom. The first-order chi connectivity index (χ1) is 11.0. The Morgan fingerprint density at radius 2 is 1.65 bits per heavy atom. The minimum absolute atomic E-state index is 0.169. The topological polar surface area (TPSA) is 38.0 Å². The van der Waals surface area contributed by atoms with Gasteiger partial charge in [0.25, 0.3) is 0 Å². The van der Waals surface area contributed by atoms with Crippen molar-refractivity contribution in [3.05, 3.63) is 65.4 Å². The maximum absolute atomic E-state index is 10.8. The minimum atomic E-state index is 0.169. The fraction of sp³-hybridized carbons (Fsp3) is 0.250. The van der Waals surface area contributed by atoms with Crippen LogP contribution in [0.25, 0.3) is 16.9 Å². The second-order valence-electron chi connectivity index (χ2n) is 6.35. The van der Waals surface area contributed by atoms with Crippen LogP contribution in [0.3, 0.4) is 0 Å². The maximum Gasteiger partial charge on any atom is 0.165 e. The molecule has 0 aliphatic rings. The first-order valence-corrected chi connectivity index (χ1v) is 7.93. The number of aromatic hydroxyl groups is 1. The van der Waals surface area contributed by atoms with Crippen molar-refractivity contribution in [3.8, 4) is 22.7 Å².